The van der Waals surface area contributed by atoms with Crippen molar-refractivity contribution in [3.63, 3.8) is 0 Å². The topological polar surface area (TPSA) is 110 Å². The zero-order valence-corrected chi connectivity index (χ0v) is 14.7. The van der Waals surface area contributed by atoms with Crippen molar-refractivity contribution in [2.45, 2.75) is 17.6 Å². The van der Waals surface area contributed by atoms with Crippen LogP contribution >= 0.6 is 47.7 Å². The number of nitrogens with two attached hydrogens (primary N) is 1. The van der Waals surface area contributed by atoms with Gasteiger partial charge in [0.1, 0.15) is 11.0 Å². The van der Waals surface area contributed by atoms with Gasteiger partial charge in [0.2, 0.25) is 0 Å². The smallest absolute Gasteiger partial charge is 0.360 e. The minimum Gasteiger partial charge on any atom is -0.462 e. The number of thiazole rings is 1. The van der Waals surface area contributed by atoms with E-state index in [2.05, 4.69) is 4.98 Å². The lowest BCUT2D eigenvalue weighted by atomic mass is 10.4. The van der Waals surface area contributed by atoms with Crippen LogP contribution in [0, 0.1) is 0 Å². The molecule has 0 aliphatic carbocycles. The first-order valence-corrected chi connectivity index (χ1v) is 8.88. The molecule has 20 heavy (non-hydrogen) atoms. The van der Waals surface area contributed by atoms with Crippen LogP contribution in [0.3, 0.4) is 0 Å². The Morgan fingerprint density at radius 2 is 2.25 bits per heavy atom. The van der Waals surface area contributed by atoms with E-state index in [1.807, 2.05) is 6.92 Å². The van der Waals surface area contributed by atoms with E-state index in [0.717, 1.165) is 16.4 Å². The number of aromatic nitrogens is 1. The summed E-state index contributed by atoms with van der Waals surface area (Å²) in [5, 5.41) is 0.192. The third-order valence-electron chi connectivity index (χ3n) is 2.22. The zero-order valence-electron chi connectivity index (χ0n) is 10.5. The molecule has 2 rings (SSSR count). The molecule has 2 heterocycles. The summed E-state index contributed by atoms with van der Waals surface area (Å²) in [5.41, 5.74) is 6.08. The fourth-order valence-electron chi connectivity index (χ4n) is 1.47. The van der Waals surface area contributed by atoms with Gasteiger partial charge in [-0.25, -0.2) is 4.98 Å². The number of halogens is 1. The van der Waals surface area contributed by atoms with Gasteiger partial charge < -0.3 is 19.9 Å². The SMILES string of the molecule is Br.CCCSc1sc(N)nc1-c1occc1P(=O)(O)O. The van der Waals surface area contributed by atoms with E-state index in [9.17, 15) is 14.4 Å². The van der Waals surface area contributed by atoms with Crippen molar-refractivity contribution in [1.29, 1.82) is 0 Å². The summed E-state index contributed by atoms with van der Waals surface area (Å²) in [6.07, 6.45) is 2.22. The zero-order chi connectivity index (χ0) is 14.0. The van der Waals surface area contributed by atoms with Gasteiger partial charge in [-0.05, 0) is 18.2 Å². The molecule has 0 unspecified atom stereocenters. The van der Waals surface area contributed by atoms with Crippen molar-refractivity contribution >= 4 is 58.1 Å². The minimum atomic E-state index is -4.39. The molecule has 6 nitrogen and oxygen atoms in total. The van der Waals surface area contributed by atoms with Crippen molar-refractivity contribution in [3.05, 3.63) is 12.3 Å². The fourth-order valence-corrected chi connectivity index (χ4v) is 4.11. The summed E-state index contributed by atoms with van der Waals surface area (Å²) in [6.45, 7) is 2.05. The molecule has 0 radical (unpaired) electrons. The number of thioether (sulfide) groups is 1. The van der Waals surface area contributed by atoms with Crippen LogP contribution in [0.5, 0.6) is 0 Å². The Labute approximate surface area is 134 Å². The highest BCUT2D eigenvalue weighted by molar-refractivity contribution is 8.93. The summed E-state index contributed by atoms with van der Waals surface area (Å²) in [6, 6.07) is 1.26. The van der Waals surface area contributed by atoms with E-state index >= 15 is 0 Å². The Balaban J connectivity index is 0.00000200. The van der Waals surface area contributed by atoms with Gasteiger partial charge in [-0.3, -0.25) is 4.57 Å². The molecule has 0 fully saturated rings. The molecular weight excluding hydrogens is 387 g/mol. The molecule has 0 saturated heterocycles. The van der Waals surface area contributed by atoms with E-state index in [-0.39, 0.29) is 28.0 Å². The van der Waals surface area contributed by atoms with Gasteiger partial charge in [-0.2, -0.15) is 0 Å². The standard InChI is InChI=1S/C10H13N2O4PS2.BrH/c1-2-5-18-9-7(12-10(11)19-9)8-6(3-4-16-8)17(13,14)15;/h3-4H,2,5H2,1H3,(H2,11,12)(H2,13,14,15);1H. The van der Waals surface area contributed by atoms with Crippen LogP contribution in [0.25, 0.3) is 11.5 Å². The number of hydrogen-bond donors (Lipinski definition) is 3. The maximum absolute atomic E-state index is 11.4. The lowest BCUT2D eigenvalue weighted by Gasteiger charge is -2.04. The van der Waals surface area contributed by atoms with Crippen molar-refractivity contribution < 1.29 is 18.8 Å². The first-order valence-electron chi connectivity index (χ1n) is 5.46. The molecule has 0 aromatic carbocycles. The summed E-state index contributed by atoms with van der Waals surface area (Å²) >= 11 is 2.84. The Hall–Kier alpha value is -0.310. The molecular formula is C10H14BrN2O4PS2. The molecule has 0 spiro atoms. The quantitative estimate of drug-likeness (QED) is 0.522. The summed E-state index contributed by atoms with van der Waals surface area (Å²) < 4.78 is 17.4. The third-order valence-corrected chi connectivity index (χ3v) is 5.55. The van der Waals surface area contributed by atoms with E-state index in [4.69, 9.17) is 10.2 Å². The lowest BCUT2D eigenvalue weighted by molar-refractivity contribution is 0.387. The first kappa shape index (κ1) is 17.7. The van der Waals surface area contributed by atoms with Gasteiger partial charge in [0.05, 0.1) is 10.5 Å². The highest BCUT2D eigenvalue weighted by atomic mass is 79.9. The van der Waals surface area contributed by atoms with Crippen LogP contribution in [-0.4, -0.2) is 20.5 Å². The molecule has 0 aliphatic heterocycles. The molecule has 10 heteroatoms. The Bertz CT molecular complexity index is 625. The van der Waals surface area contributed by atoms with E-state index in [0.29, 0.717) is 10.8 Å². The fraction of sp³-hybridized carbons (Fsp3) is 0.300. The van der Waals surface area contributed by atoms with Crippen molar-refractivity contribution in [3.8, 4) is 11.5 Å². The van der Waals surface area contributed by atoms with Crippen molar-refractivity contribution in [1.82, 2.24) is 4.98 Å². The summed E-state index contributed by atoms with van der Waals surface area (Å²) in [7, 11) is -4.39. The predicted octanol–water partition coefficient (Wildman–Crippen LogP) is 2.87. The second-order valence-corrected chi connectivity index (χ2v) is 7.68. The molecule has 0 saturated carbocycles. The number of rotatable bonds is 5. The van der Waals surface area contributed by atoms with Crippen LogP contribution in [-0.2, 0) is 4.57 Å². The van der Waals surface area contributed by atoms with Gasteiger partial charge in [-0.15, -0.1) is 28.7 Å². The second kappa shape index (κ2) is 7.11. The van der Waals surface area contributed by atoms with Crippen LogP contribution in [0.2, 0.25) is 0 Å². The molecule has 112 valence electrons. The summed E-state index contributed by atoms with van der Waals surface area (Å²) in [4.78, 5) is 22.7. The van der Waals surface area contributed by atoms with E-state index in [1.54, 1.807) is 11.8 Å². The van der Waals surface area contributed by atoms with Gasteiger partial charge in [0.15, 0.2) is 10.9 Å². The molecule has 0 atom stereocenters. The van der Waals surface area contributed by atoms with Crippen LogP contribution in [0.1, 0.15) is 13.3 Å². The first-order chi connectivity index (χ1) is 8.93. The Morgan fingerprint density at radius 3 is 2.85 bits per heavy atom. The highest BCUT2D eigenvalue weighted by Crippen LogP contribution is 2.42. The maximum Gasteiger partial charge on any atom is 0.360 e. The number of furan rings is 1. The molecule has 4 N–H and O–H groups in total. The highest BCUT2D eigenvalue weighted by Gasteiger charge is 2.28. The lowest BCUT2D eigenvalue weighted by Crippen LogP contribution is -2.04. The average Bonchev–Trinajstić information content (AvgIpc) is 2.91. The summed E-state index contributed by atoms with van der Waals surface area (Å²) in [5.74, 6) is 0.973. The number of anilines is 1. The Morgan fingerprint density at radius 1 is 1.55 bits per heavy atom. The van der Waals surface area contributed by atoms with Gasteiger partial charge in [0, 0.05) is 0 Å². The number of nitrogen functional groups attached to an aromatic ring is 1. The average molecular weight is 401 g/mol. The van der Waals surface area contributed by atoms with E-state index in [1.165, 1.54) is 23.7 Å². The van der Waals surface area contributed by atoms with Gasteiger partial charge >= 0.3 is 7.60 Å². The van der Waals surface area contributed by atoms with Crippen LogP contribution in [0.15, 0.2) is 21.0 Å². The van der Waals surface area contributed by atoms with Crippen molar-refractivity contribution in [2.75, 3.05) is 11.5 Å². The largest absolute Gasteiger partial charge is 0.462 e. The number of hydrogen-bond acceptors (Lipinski definition) is 6. The number of nitrogens with zero attached hydrogens (tertiary/aromatic N) is 1. The van der Waals surface area contributed by atoms with Crippen LogP contribution < -0.4 is 11.0 Å². The molecule has 2 aromatic heterocycles. The second-order valence-electron chi connectivity index (χ2n) is 3.72. The van der Waals surface area contributed by atoms with Gasteiger partial charge in [0.25, 0.3) is 0 Å². The van der Waals surface area contributed by atoms with Crippen molar-refractivity contribution in [2.24, 2.45) is 0 Å². The third kappa shape index (κ3) is 3.87. The monoisotopic (exact) mass is 400 g/mol. The molecule has 2 aromatic rings. The maximum atomic E-state index is 11.4. The van der Waals surface area contributed by atoms with Crippen LogP contribution in [0.4, 0.5) is 5.13 Å². The normalized spacial score (nSPS) is 11.3. The molecule has 0 amide bonds. The Kier molecular flexibility index (Phi) is 6.30. The predicted molar refractivity (Wildman–Crippen MR) is 87.2 cm³/mol. The van der Waals surface area contributed by atoms with E-state index < -0.39 is 7.60 Å². The van der Waals surface area contributed by atoms with Gasteiger partial charge in [-0.1, -0.05) is 18.3 Å². The minimum absolute atomic E-state index is 0. The molecule has 0 aliphatic rings. The molecule has 0 bridgehead atoms.